The SMILES string of the molecule is C/C(=N/NC(=S)N(CCO)CCO)c1ccccc1. The summed E-state index contributed by atoms with van der Waals surface area (Å²) in [6.07, 6.45) is 0. The van der Waals surface area contributed by atoms with Crippen molar-refractivity contribution in [2.45, 2.75) is 6.92 Å². The van der Waals surface area contributed by atoms with E-state index in [0.29, 0.717) is 18.2 Å². The van der Waals surface area contributed by atoms with Crippen molar-refractivity contribution >= 4 is 23.0 Å². The molecule has 0 spiro atoms. The van der Waals surface area contributed by atoms with E-state index in [9.17, 15) is 0 Å². The van der Waals surface area contributed by atoms with Gasteiger partial charge in [-0.05, 0) is 24.7 Å². The van der Waals surface area contributed by atoms with E-state index in [-0.39, 0.29) is 13.2 Å². The van der Waals surface area contributed by atoms with Crippen LogP contribution in [0.4, 0.5) is 0 Å². The quantitative estimate of drug-likeness (QED) is 0.404. The van der Waals surface area contributed by atoms with Crippen LogP contribution in [0.15, 0.2) is 35.4 Å². The maximum absolute atomic E-state index is 8.92. The van der Waals surface area contributed by atoms with Crippen LogP contribution >= 0.6 is 12.2 Å². The third kappa shape index (κ3) is 5.34. The number of nitrogens with zero attached hydrogens (tertiary/aromatic N) is 2. The van der Waals surface area contributed by atoms with Crippen molar-refractivity contribution in [2.24, 2.45) is 5.10 Å². The second-order valence-electron chi connectivity index (χ2n) is 3.91. The topological polar surface area (TPSA) is 68.1 Å². The van der Waals surface area contributed by atoms with Crippen molar-refractivity contribution < 1.29 is 10.2 Å². The maximum atomic E-state index is 8.92. The van der Waals surface area contributed by atoms with E-state index in [2.05, 4.69) is 10.5 Å². The lowest BCUT2D eigenvalue weighted by Gasteiger charge is -2.22. The minimum atomic E-state index is -0.0246. The fourth-order valence-corrected chi connectivity index (χ4v) is 1.73. The van der Waals surface area contributed by atoms with E-state index in [4.69, 9.17) is 22.4 Å². The van der Waals surface area contributed by atoms with Crippen molar-refractivity contribution in [3.63, 3.8) is 0 Å². The summed E-state index contributed by atoms with van der Waals surface area (Å²) in [7, 11) is 0. The molecule has 0 amide bonds. The average Bonchev–Trinajstić information content (AvgIpc) is 2.45. The molecule has 3 N–H and O–H groups in total. The summed E-state index contributed by atoms with van der Waals surface area (Å²) in [6, 6.07) is 9.75. The number of rotatable bonds is 6. The molecule has 0 saturated carbocycles. The van der Waals surface area contributed by atoms with Gasteiger partial charge in [0.2, 0.25) is 0 Å². The van der Waals surface area contributed by atoms with E-state index in [1.54, 1.807) is 4.90 Å². The number of benzene rings is 1. The Morgan fingerprint density at radius 1 is 1.21 bits per heavy atom. The Bertz CT molecular complexity index is 417. The highest BCUT2D eigenvalue weighted by atomic mass is 32.1. The first kappa shape index (κ1) is 15.6. The van der Waals surface area contributed by atoms with Gasteiger partial charge in [-0.15, -0.1) is 0 Å². The summed E-state index contributed by atoms with van der Waals surface area (Å²) < 4.78 is 0. The molecule has 1 rings (SSSR count). The minimum Gasteiger partial charge on any atom is -0.395 e. The van der Waals surface area contributed by atoms with Crippen LogP contribution in [0.25, 0.3) is 0 Å². The predicted octanol–water partition coefficient (Wildman–Crippen LogP) is 0.572. The lowest BCUT2D eigenvalue weighted by molar-refractivity contribution is 0.211. The molecule has 0 fully saturated rings. The largest absolute Gasteiger partial charge is 0.395 e. The highest BCUT2D eigenvalue weighted by Gasteiger charge is 2.07. The molecule has 0 atom stereocenters. The van der Waals surface area contributed by atoms with E-state index < -0.39 is 0 Å². The number of thiocarbonyl (C=S) groups is 1. The van der Waals surface area contributed by atoms with Gasteiger partial charge in [-0.1, -0.05) is 30.3 Å². The molecule has 1 aromatic carbocycles. The van der Waals surface area contributed by atoms with Gasteiger partial charge in [0.15, 0.2) is 5.11 Å². The van der Waals surface area contributed by atoms with Crippen LogP contribution in [0, 0.1) is 0 Å². The summed E-state index contributed by atoms with van der Waals surface area (Å²) in [4.78, 5) is 1.66. The molecule has 19 heavy (non-hydrogen) atoms. The predicted molar refractivity (Wildman–Crippen MR) is 80.1 cm³/mol. The number of hydrazone groups is 1. The Hall–Kier alpha value is -1.50. The standard InChI is InChI=1S/C13H19N3O2S/c1-11(12-5-3-2-4-6-12)14-15-13(19)16(7-9-17)8-10-18/h2-6,17-18H,7-10H2,1H3,(H,15,19)/b14-11-. The van der Waals surface area contributed by atoms with Gasteiger partial charge in [0.25, 0.3) is 0 Å². The third-order valence-electron chi connectivity index (χ3n) is 2.54. The molecule has 0 aromatic heterocycles. The number of nitrogens with one attached hydrogen (secondary N) is 1. The summed E-state index contributed by atoms with van der Waals surface area (Å²) >= 11 is 5.16. The van der Waals surface area contributed by atoms with Gasteiger partial charge < -0.3 is 15.1 Å². The Morgan fingerprint density at radius 2 is 1.79 bits per heavy atom. The molecule has 0 saturated heterocycles. The summed E-state index contributed by atoms with van der Waals surface area (Å²) in [5.41, 5.74) is 4.60. The first-order chi connectivity index (χ1) is 9.19. The van der Waals surface area contributed by atoms with Gasteiger partial charge in [-0.2, -0.15) is 5.10 Å². The van der Waals surface area contributed by atoms with Gasteiger partial charge in [-0.25, -0.2) is 0 Å². The van der Waals surface area contributed by atoms with Gasteiger partial charge in [0.1, 0.15) is 0 Å². The van der Waals surface area contributed by atoms with Gasteiger partial charge in [-0.3, -0.25) is 5.43 Å². The maximum Gasteiger partial charge on any atom is 0.189 e. The van der Waals surface area contributed by atoms with E-state index in [0.717, 1.165) is 11.3 Å². The van der Waals surface area contributed by atoms with E-state index >= 15 is 0 Å². The molecular weight excluding hydrogens is 262 g/mol. The number of aliphatic hydroxyl groups excluding tert-OH is 2. The molecule has 0 bridgehead atoms. The van der Waals surface area contributed by atoms with Crippen LogP contribution in [0.5, 0.6) is 0 Å². The molecule has 0 aliphatic carbocycles. The van der Waals surface area contributed by atoms with Crippen molar-refractivity contribution in [1.29, 1.82) is 0 Å². The number of hydrogen-bond acceptors (Lipinski definition) is 4. The molecule has 1 aromatic rings. The average molecular weight is 281 g/mol. The van der Waals surface area contributed by atoms with Crippen LogP contribution in [0.3, 0.4) is 0 Å². The van der Waals surface area contributed by atoms with Crippen LogP contribution < -0.4 is 5.43 Å². The fourth-order valence-electron chi connectivity index (χ4n) is 1.50. The molecule has 0 aliphatic rings. The highest BCUT2D eigenvalue weighted by Crippen LogP contribution is 2.00. The van der Waals surface area contributed by atoms with E-state index in [1.165, 1.54) is 0 Å². The van der Waals surface area contributed by atoms with Gasteiger partial charge >= 0.3 is 0 Å². The van der Waals surface area contributed by atoms with Gasteiger partial charge in [0, 0.05) is 13.1 Å². The monoisotopic (exact) mass is 281 g/mol. The minimum absolute atomic E-state index is 0.0246. The molecule has 0 aliphatic heterocycles. The van der Waals surface area contributed by atoms with Crippen molar-refractivity contribution in [2.75, 3.05) is 26.3 Å². The van der Waals surface area contributed by atoms with Crippen molar-refractivity contribution in [1.82, 2.24) is 10.3 Å². The zero-order valence-corrected chi connectivity index (χ0v) is 11.7. The lowest BCUT2D eigenvalue weighted by atomic mass is 10.1. The molecule has 5 nitrogen and oxygen atoms in total. The Labute approximate surface area is 118 Å². The van der Waals surface area contributed by atoms with Gasteiger partial charge in [0.05, 0.1) is 18.9 Å². The first-order valence-corrected chi connectivity index (χ1v) is 6.46. The molecular formula is C13H19N3O2S. The second kappa shape index (κ2) is 8.58. The smallest absolute Gasteiger partial charge is 0.189 e. The zero-order chi connectivity index (χ0) is 14.1. The van der Waals surface area contributed by atoms with E-state index in [1.807, 2.05) is 37.3 Å². The Morgan fingerprint density at radius 3 is 2.32 bits per heavy atom. The molecule has 6 heteroatoms. The normalized spacial score (nSPS) is 11.2. The van der Waals surface area contributed by atoms with Crippen LogP contribution in [0.2, 0.25) is 0 Å². The van der Waals surface area contributed by atoms with Crippen molar-refractivity contribution in [3.8, 4) is 0 Å². The molecule has 0 heterocycles. The third-order valence-corrected chi connectivity index (χ3v) is 2.89. The van der Waals surface area contributed by atoms with Crippen LogP contribution in [-0.4, -0.2) is 52.2 Å². The fraction of sp³-hybridized carbons (Fsp3) is 0.385. The Balaban J connectivity index is 2.61. The molecule has 104 valence electrons. The zero-order valence-electron chi connectivity index (χ0n) is 10.9. The first-order valence-electron chi connectivity index (χ1n) is 6.05. The number of aliphatic hydroxyl groups is 2. The Kier molecular flexibility index (Phi) is 7.02. The molecule has 0 radical (unpaired) electrons. The molecule has 0 unspecified atom stereocenters. The highest BCUT2D eigenvalue weighted by molar-refractivity contribution is 7.80. The lowest BCUT2D eigenvalue weighted by Crippen LogP contribution is -2.41. The van der Waals surface area contributed by atoms with Crippen LogP contribution in [0.1, 0.15) is 12.5 Å². The van der Waals surface area contributed by atoms with Crippen molar-refractivity contribution in [3.05, 3.63) is 35.9 Å². The van der Waals surface area contributed by atoms with Crippen LogP contribution in [-0.2, 0) is 0 Å². The second-order valence-corrected chi connectivity index (χ2v) is 4.30. The summed E-state index contributed by atoms with van der Waals surface area (Å²) in [5, 5.41) is 22.4. The summed E-state index contributed by atoms with van der Waals surface area (Å²) in [5.74, 6) is 0. The summed E-state index contributed by atoms with van der Waals surface area (Å²) in [6.45, 7) is 2.57. The number of hydrogen-bond donors (Lipinski definition) is 3.